The second-order valence-corrected chi connectivity index (χ2v) is 5.06. The van der Waals surface area contributed by atoms with Gasteiger partial charge in [0.1, 0.15) is 0 Å². The summed E-state index contributed by atoms with van der Waals surface area (Å²) < 4.78 is 5.44. The summed E-state index contributed by atoms with van der Waals surface area (Å²) in [6, 6.07) is 7.45. The van der Waals surface area contributed by atoms with E-state index in [0.717, 1.165) is 31.5 Å². The Hall–Kier alpha value is -1.88. The Balaban J connectivity index is 1.75. The van der Waals surface area contributed by atoms with Crippen LogP contribution in [0.1, 0.15) is 35.0 Å². The fourth-order valence-corrected chi connectivity index (χ4v) is 2.82. The minimum Gasteiger partial charge on any atom is -0.438 e. The van der Waals surface area contributed by atoms with Crippen LogP contribution in [0.3, 0.4) is 0 Å². The first-order chi connectivity index (χ1) is 9.16. The first kappa shape index (κ1) is 12.2. The number of carbonyl (C=O) groups excluding carboxylic acids is 2. The summed E-state index contributed by atoms with van der Waals surface area (Å²) in [5.41, 5.74) is 6.89. The molecule has 1 fully saturated rings. The number of benzene rings is 1. The molecule has 1 amide bonds. The number of primary amides is 1. The van der Waals surface area contributed by atoms with Crippen LogP contribution in [0, 0.1) is 5.92 Å². The van der Waals surface area contributed by atoms with Crippen LogP contribution in [-0.2, 0) is 9.53 Å². The molecule has 1 atom stereocenters. The number of fused-ring (bicyclic) bond motifs is 1. The summed E-state index contributed by atoms with van der Waals surface area (Å²) in [6.07, 6.45) is 1.15. The van der Waals surface area contributed by atoms with E-state index in [1.165, 1.54) is 0 Å². The van der Waals surface area contributed by atoms with Gasteiger partial charge in [-0.25, -0.2) is 4.79 Å². The summed E-state index contributed by atoms with van der Waals surface area (Å²) in [4.78, 5) is 25.0. The number of nitrogens with zero attached hydrogens (tertiary/aromatic N) is 1. The van der Waals surface area contributed by atoms with Crippen LogP contribution in [-0.4, -0.2) is 29.9 Å². The van der Waals surface area contributed by atoms with Crippen LogP contribution in [0.5, 0.6) is 0 Å². The van der Waals surface area contributed by atoms with E-state index in [1.54, 1.807) is 6.07 Å². The number of nitrogens with two attached hydrogens (primary N) is 1. The normalized spacial score (nSPS) is 24.0. The average molecular weight is 260 g/mol. The van der Waals surface area contributed by atoms with Crippen molar-refractivity contribution in [2.45, 2.75) is 19.1 Å². The molecule has 0 bridgehead atoms. The number of hydrogen-bond donors (Lipinski definition) is 1. The summed E-state index contributed by atoms with van der Waals surface area (Å²) >= 11 is 0. The fraction of sp³-hybridized carbons (Fsp3) is 0.429. The molecule has 2 aliphatic heterocycles. The topological polar surface area (TPSA) is 72.6 Å². The molecule has 3 rings (SSSR count). The van der Waals surface area contributed by atoms with Gasteiger partial charge in [-0.2, -0.15) is 0 Å². The molecule has 2 aliphatic rings. The van der Waals surface area contributed by atoms with E-state index in [-0.39, 0.29) is 24.0 Å². The van der Waals surface area contributed by atoms with E-state index in [0.29, 0.717) is 5.56 Å². The second-order valence-electron chi connectivity index (χ2n) is 5.06. The van der Waals surface area contributed by atoms with Gasteiger partial charge in [0.25, 0.3) is 0 Å². The zero-order valence-electron chi connectivity index (χ0n) is 10.5. The third-order valence-electron chi connectivity index (χ3n) is 3.93. The Morgan fingerprint density at radius 3 is 2.63 bits per heavy atom. The third-order valence-corrected chi connectivity index (χ3v) is 3.93. The number of piperidine rings is 1. The van der Waals surface area contributed by atoms with Crippen molar-refractivity contribution in [3.05, 3.63) is 35.4 Å². The number of rotatable bonds is 2. The van der Waals surface area contributed by atoms with E-state index in [9.17, 15) is 9.59 Å². The number of cyclic esters (lactones) is 1. The molecule has 19 heavy (non-hydrogen) atoms. The standard InChI is InChI=1S/C14H16N2O3/c15-12(17)9-5-7-16(8-6-9)13-10-3-1-2-4-11(10)14(18)19-13/h1-4,9,13H,5-8H2,(H2,15,17)/t13-/m0/s1. The minimum atomic E-state index is -0.308. The van der Waals surface area contributed by atoms with E-state index in [2.05, 4.69) is 4.90 Å². The van der Waals surface area contributed by atoms with Gasteiger partial charge in [-0.3, -0.25) is 9.69 Å². The maximum Gasteiger partial charge on any atom is 0.340 e. The molecule has 0 aromatic heterocycles. The highest BCUT2D eigenvalue weighted by Gasteiger charge is 2.37. The van der Waals surface area contributed by atoms with Gasteiger partial charge in [0, 0.05) is 24.6 Å². The van der Waals surface area contributed by atoms with Crippen molar-refractivity contribution in [2.75, 3.05) is 13.1 Å². The molecule has 1 aromatic rings. The van der Waals surface area contributed by atoms with Crippen LogP contribution >= 0.6 is 0 Å². The highest BCUT2D eigenvalue weighted by molar-refractivity contribution is 5.93. The number of hydrogen-bond acceptors (Lipinski definition) is 4. The van der Waals surface area contributed by atoms with Gasteiger partial charge >= 0.3 is 5.97 Å². The van der Waals surface area contributed by atoms with Crippen molar-refractivity contribution >= 4 is 11.9 Å². The SMILES string of the molecule is NC(=O)C1CCN([C@H]2OC(=O)c3ccccc32)CC1. The summed E-state index contributed by atoms with van der Waals surface area (Å²) in [6.45, 7) is 1.44. The highest BCUT2D eigenvalue weighted by Crippen LogP contribution is 2.35. The monoisotopic (exact) mass is 260 g/mol. The number of esters is 1. The summed E-state index contributed by atoms with van der Waals surface area (Å²) in [5.74, 6) is -0.551. The molecule has 0 unspecified atom stereocenters. The smallest absolute Gasteiger partial charge is 0.340 e. The lowest BCUT2D eigenvalue weighted by molar-refractivity contribution is -0.124. The Morgan fingerprint density at radius 2 is 1.95 bits per heavy atom. The van der Waals surface area contributed by atoms with Crippen molar-refractivity contribution in [1.82, 2.24) is 4.90 Å². The molecule has 1 aromatic carbocycles. The Labute approximate surface area is 111 Å². The molecule has 0 spiro atoms. The molecule has 1 saturated heterocycles. The molecular weight excluding hydrogens is 244 g/mol. The van der Waals surface area contributed by atoms with Gasteiger partial charge < -0.3 is 10.5 Å². The number of likely N-dealkylation sites (tertiary alicyclic amines) is 1. The van der Waals surface area contributed by atoms with Gasteiger partial charge in [0.05, 0.1) is 5.56 Å². The van der Waals surface area contributed by atoms with Crippen LogP contribution < -0.4 is 5.73 Å². The first-order valence-electron chi connectivity index (χ1n) is 6.50. The molecule has 0 aliphatic carbocycles. The lowest BCUT2D eigenvalue weighted by atomic mass is 9.95. The van der Waals surface area contributed by atoms with Gasteiger partial charge in [0.15, 0.2) is 6.23 Å². The number of amides is 1. The predicted octanol–water partition coefficient (Wildman–Crippen LogP) is 1.05. The van der Waals surface area contributed by atoms with Gasteiger partial charge in [-0.15, -0.1) is 0 Å². The first-order valence-corrected chi connectivity index (χ1v) is 6.50. The van der Waals surface area contributed by atoms with Crippen LogP contribution in [0.4, 0.5) is 0 Å². The molecule has 5 nitrogen and oxygen atoms in total. The summed E-state index contributed by atoms with van der Waals surface area (Å²) in [7, 11) is 0. The third kappa shape index (κ3) is 2.10. The predicted molar refractivity (Wildman–Crippen MR) is 68.1 cm³/mol. The maximum absolute atomic E-state index is 11.8. The molecule has 100 valence electrons. The van der Waals surface area contributed by atoms with Crippen molar-refractivity contribution in [2.24, 2.45) is 11.7 Å². The van der Waals surface area contributed by atoms with Crippen LogP contribution in [0.2, 0.25) is 0 Å². The minimum absolute atomic E-state index is 0.0522. The quantitative estimate of drug-likeness (QED) is 0.807. The molecule has 2 N–H and O–H groups in total. The lowest BCUT2D eigenvalue weighted by Gasteiger charge is -2.33. The van der Waals surface area contributed by atoms with Gasteiger partial charge in [-0.1, -0.05) is 18.2 Å². The number of ether oxygens (including phenoxy) is 1. The van der Waals surface area contributed by atoms with Crippen molar-refractivity contribution < 1.29 is 14.3 Å². The van der Waals surface area contributed by atoms with Crippen molar-refractivity contribution in [3.8, 4) is 0 Å². The fourth-order valence-electron chi connectivity index (χ4n) is 2.82. The van der Waals surface area contributed by atoms with E-state index in [1.807, 2.05) is 18.2 Å². The van der Waals surface area contributed by atoms with Crippen molar-refractivity contribution in [1.29, 1.82) is 0 Å². The average Bonchev–Trinajstić information content (AvgIpc) is 2.77. The van der Waals surface area contributed by atoms with E-state index < -0.39 is 0 Å². The Morgan fingerprint density at radius 1 is 1.26 bits per heavy atom. The number of carbonyl (C=O) groups is 2. The Bertz CT molecular complexity index is 521. The Kier molecular flexibility index (Phi) is 2.98. The lowest BCUT2D eigenvalue weighted by Crippen LogP contribution is -2.40. The highest BCUT2D eigenvalue weighted by atomic mass is 16.6. The van der Waals surface area contributed by atoms with Crippen molar-refractivity contribution in [3.63, 3.8) is 0 Å². The second kappa shape index (κ2) is 4.66. The van der Waals surface area contributed by atoms with Crippen LogP contribution in [0.25, 0.3) is 0 Å². The van der Waals surface area contributed by atoms with Gasteiger partial charge in [0.2, 0.25) is 5.91 Å². The molecule has 0 saturated carbocycles. The zero-order chi connectivity index (χ0) is 13.4. The molecule has 2 heterocycles. The molecule has 0 radical (unpaired) electrons. The largest absolute Gasteiger partial charge is 0.438 e. The van der Waals surface area contributed by atoms with Gasteiger partial charge in [-0.05, 0) is 18.9 Å². The maximum atomic E-state index is 11.8. The van der Waals surface area contributed by atoms with Crippen LogP contribution in [0.15, 0.2) is 24.3 Å². The molecule has 5 heteroatoms. The zero-order valence-corrected chi connectivity index (χ0v) is 10.5. The van der Waals surface area contributed by atoms with E-state index >= 15 is 0 Å². The van der Waals surface area contributed by atoms with E-state index in [4.69, 9.17) is 10.5 Å². The molecular formula is C14H16N2O3. The summed E-state index contributed by atoms with van der Waals surface area (Å²) in [5, 5.41) is 0.